The lowest BCUT2D eigenvalue weighted by Crippen LogP contribution is -2.02. The Morgan fingerprint density at radius 2 is 2.00 bits per heavy atom. The van der Waals surface area contributed by atoms with Crippen LogP contribution < -0.4 is 10.5 Å². The Hall–Kier alpha value is -2.10. The van der Waals surface area contributed by atoms with Gasteiger partial charge < -0.3 is 10.5 Å². The summed E-state index contributed by atoms with van der Waals surface area (Å²) in [5.41, 5.74) is 10.2. The zero-order chi connectivity index (χ0) is 14.7. The van der Waals surface area contributed by atoms with Gasteiger partial charge in [-0.05, 0) is 49.8 Å². The molecule has 1 aromatic carbocycles. The maximum atomic E-state index is 6.08. The third-order valence-electron chi connectivity index (χ3n) is 4.02. The van der Waals surface area contributed by atoms with Gasteiger partial charge in [0.25, 0.3) is 0 Å². The molecule has 0 saturated heterocycles. The van der Waals surface area contributed by atoms with E-state index in [1.165, 1.54) is 24.8 Å². The van der Waals surface area contributed by atoms with E-state index in [0.717, 1.165) is 30.5 Å². The summed E-state index contributed by atoms with van der Waals surface area (Å²) in [5.74, 6) is 1.34. The van der Waals surface area contributed by atoms with Crippen LogP contribution in [-0.2, 0) is 19.3 Å². The van der Waals surface area contributed by atoms with Gasteiger partial charge in [-0.25, -0.2) is 9.97 Å². The van der Waals surface area contributed by atoms with Gasteiger partial charge in [0, 0.05) is 5.56 Å². The molecule has 1 heterocycles. The summed E-state index contributed by atoms with van der Waals surface area (Å²) in [4.78, 5) is 8.73. The standard InChI is InChI=1S/C17H21N3O/c1-2-12-8-9-16(14(18)10-12)21-17-13-6-4-3-5-7-15(13)19-11-20-17/h8-11H,2-7,18H2,1H3. The Labute approximate surface area is 125 Å². The monoisotopic (exact) mass is 283 g/mol. The number of hydrogen-bond donors (Lipinski definition) is 1. The Kier molecular flexibility index (Phi) is 4.04. The predicted octanol–water partition coefficient (Wildman–Crippen LogP) is 3.68. The summed E-state index contributed by atoms with van der Waals surface area (Å²) in [7, 11) is 0. The Bertz CT molecular complexity index is 640. The van der Waals surface area contributed by atoms with Crippen LogP contribution in [0.3, 0.4) is 0 Å². The van der Waals surface area contributed by atoms with E-state index in [-0.39, 0.29) is 0 Å². The molecule has 0 fully saturated rings. The molecule has 0 atom stereocenters. The lowest BCUT2D eigenvalue weighted by atomic mass is 10.1. The van der Waals surface area contributed by atoms with Crippen LogP contribution >= 0.6 is 0 Å². The number of rotatable bonds is 3. The molecular formula is C17H21N3O. The fourth-order valence-electron chi connectivity index (χ4n) is 2.77. The Morgan fingerprint density at radius 1 is 1.14 bits per heavy atom. The van der Waals surface area contributed by atoms with Gasteiger partial charge in [-0.15, -0.1) is 0 Å². The molecule has 2 N–H and O–H groups in total. The molecule has 3 rings (SSSR count). The second kappa shape index (κ2) is 6.12. The Balaban J connectivity index is 1.91. The lowest BCUT2D eigenvalue weighted by Gasteiger charge is -2.13. The normalized spacial score (nSPS) is 14.3. The number of benzene rings is 1. The van der Waals surface area contributed by atoms with Crippen LogP contribution in [0.5, 0.6) is 11.6 Å². The van der Waals surface area contributed by atoms with Gasteiger partial charge in [-0.1, -0.05) is 19.4 Å². The van der Waals surface area contributed by atoms with Crippen molar-refractivity contribution in [2.24, 2.45) is 0 Å². The van der Waals surface area contributed by atoms with Crippen LogP contribution in [0, 0.1) is 0 Å². The average molecular weight is 283 g/mol. The molecule has 1 aliphatic rings. The lowest BCUT2D eigenvalue weighted by molar-refractivity contribution is 0.455. The average Bonchev–Trinajstić information content (AvgIpc) is 2.75. The molecule has 0 amide bonds. The van der Waals surface area contributed by atoms with Gasteiger partial charge in [0.05, 0.1) is 11.4 Å². The van der Waals surface area contributed by atoms with Crippen LogP contribution in [0.4, 0.5) is 5.69 Å². The first-order valence-electron chi connectivity index (χ1n) is 7.67. The highest BCUT2D eigenvalue weighted by atomic mass is 16.5. The van der Waals surface area contributed by atoms with Gasteiger partial charge in [-0.3, -0.25) is 0 Å². The molecule has 0 unspecified atom stereocenters. The van der Waals surface area contributed by atoms with Gasteiger partial charge in [0.15, 0.2) is 5.75 Å². The molecule has 2 aromatic rings. The van der Waals surface area contributed by atoms with Gasteiger partial charge in [0.2, 0.25) is 5.88 Å². The van der Waals surface area contributed by atoms with Crippen molar-refractivity contribution in [3.05, 3.63) is 41.3 Å². The van der Waals surface area contributed by atoms with E-state index in [1.807, 2.05) is 18.2 Å². The fourth-order valence-corrected chi connectivity index (χ4v) is 2.77. The minimum Gasteiger partial charge on any atom is -0.436 e. The number of aromatic nitrogens is 2. The van der Waals surface area contributed by atoms with E-state index in [4.69, 9.17) is 10.5 Å². The number of fused-ring (bicyclic) bond motifs is 1. The maximum absolute atomic E-state index is 6.08. The molecule has 110 valence electrons. The summed E-state index contributed by atoms with van der Waals surface area (Å²) in [6.45, 7) is 2.11. The number of aryl methyl sites for hydroxylation is 2. The molecule has 0 bridgehead atoms. The summed E-state index contributed by atoms with van der Waals surface area (Å²) in [6, 6.07) is 5.94. The van der Waals surface area contributed by atoms with E-state index < -0.39 is 0 Å². The smallest absolute Gasteiger partial charge is 0.225 e. The summed E-state index contributed by atoms with van der Waals surface area (Å²) < 4.78 is 5.99. The van der Waals surface area contributed by atoms with Crippen molar-refractivity contribution in [3.63, 3.8) is 0 Å². The van der Waals surface area contributed by atoms with Crippen LogP contribution in [0.15, 0.2) is 24.5 Å². The van der Waals surface area contributed by atoms with Crippen molar-refractivity contribution in [2.45, 2.75) is 45.4 Å². The van der Waals surface area contributed by atoms with E-state index in [9.17, 15) is 0 Å². The summed E-state index contributed by atoms with van der Waals surface area (Å²) in [5, 5.41) is 0. The van der Waals surface area contributed by atoms with Gasteiger partial charge >= 0.3 is 0 Å². The van der Waals surface area contributed by atoms with Crippen molar-refractivity contribution >= 4 is 5.69 Å². The van der Waals surface area contributed by atoms with Crippen molar-refractivity contribution in [3.8, 4) is 11.6 Å². The van der Waals surface area contributed by atoms with Crippen molar-refractivity contribution in [2.75, 3.05) is 5.73 Å². The first-order chi connectivity index (χ1) is 10.3. The molecule has 0 aliphatic heterocycles. The van der Waals surface area contributed by atoms with Crippen molar-refractivity contribution in [1.29, 1.82) is 0 Å². The highest BCUT2D eigenvalue weighted by molar-refractivity contribution is 5.55. The SMILES string of the molecule is CCc1ccc(Oc2ncnc3c2CCCCC3)c(N)c1. The van der Waals surface area contributed by atoms with Crippen LogP contribution in [0.1, 0.15) is 43.0 Å². The second-order valence-corrected chi connectivity index (χ2v) is 5.49. The van der Waals surface area contributed by atoms with Gasteiger partial charge in [0.1, 0.15) is 6.33 Å². The van der Waals surface area contributed by atoms with E-state index >= 15 is 0 Å². The topological polar surface area (TPSA) is 61.0 Å². The van der Waals surface area contributed by atoms with E-state index in [2.05, 4.69) is 16.9 Å². The summed E-state index contributed by atoms with van der Waals surface area (Å²) in [6.07, 6.45) is 8.15. The first kappa shape index (κ1) is 13.9. The second-order valence-electron chi connectivity index (χ2n) is 5.49. The molecule has 0 spiro atoms. The minimum absolute atomic E-state index is 0.662. The predicted molar refractivity (Wildman–Crippen MR) is 83.6 cm³/mol. The molecule has 1 aromatic heterocycles. The fraction of sp³-hybridized carbons (Fsp3) is 0.412. The zero-order valence-electron chi connectivity index (χ0n) is 12.4. The minimum atomic E-state index is 0.662. The number of ether oxygens (including phenoxy) is 1. The highest BCUT2D eigenvalue weighted by Gasteiger charge is 2.16. The quantitative estimate of drug-likeness (QED) is 0.689. The molecule has 1 aliphatic carbocycles. The number of anilines is 1. The molecule has 21 heavy (non-hydrogen) atoms. The highest BCUT2D eigenvalue weighted by Crippen LogP contribution is 2.32. The number of nitrogens with two attached hydrogens (primary N) is 1. The third kappa shape index (κ3) is 2.99. The van der Waals surface area contributed by atoms with Crippen LogP contribution in [-0.4, -0.2) is 9.97 Å². The third-order valence-corrected chi connectivity index (χ3v) is 4.02. The van der Waals surface area contributed by atoms with Crippen molar-refractivity contribution in [1.82, 2.24) is 9.97 Å². The number of nitrogens with zero attached hydrogens (tertiary/aromatic N) is 2. The van der Waals surface area contributed by atoms with E-state index in [0.29, 0.717) is 17.3 Å². The first-order valence-corrected chi connectivity index (χ1v) is 7.67. The maximum Gasteiger partial charge on any atom is 0.225 e. The summed E-state index contributed by atoms with van der Waals surface area (Å²) >= 11 is 0. The molecule has 4 heteroatoms. The van der Waals surface area contributed by atoms with Crippen molar-refractivity contribution < 1.29 is 4.74 Å². The van der Waals surface area contributed by atoms with Crippen LogP contribution in [0.25, 0.3) is 0 Å². The van der Waals surface area contributed by atoms with Gasteiger partial charge in [-0.2, -0.15) is 0 Å². The zero-order valence-corrected chi connectivity index (χ0v) is 12.4. The largest absolute Gasteiger partial charge is 0.436 e. The van der Waals surface area contributed by atoms with E-state index in [1.54, 1.807) is 6.33 Å². The number of hydrogen-bond acceptors (Lipinski definition) is 4. The Morgan fingerprint density at radius 3 is 2.81 bits per heavy atom. The molecular weight excluding hydrogens is 262 g/mol. The number of nitrogen functional groups attached to an aromatic ring is 1. The molecule has 0 radical (unpaired) electrons. The van der Waals surface area contributed by atoms with Crippen LogP contribution in [0.2, 0.25) is 0 Å². The molecule has 0 saturated carbocycles. The molecule has 4 nitrogen and oxygen atoms in total.